The van der Waals surface area contributed by atoms with Crippen LogP contribution < -0.4 is 10.5 Å². The first-order valence-corrected chi connectivity index (χ1v) is 6.95. The Hall–Kier alpha value is -1.75. The van der Waals surface area contributed by atoms with Gasteiger partial charge in [-0.15, -0.1) is 0 Å². The molecule has 0 saturated carbocycles. The highest BCUT2D eigenvalue weighted by Gasteiger charge is 2.07. The molecule has 5 nitrogen and oxygen atoms in total. The summed E-state index contributed by atoms with van der Waals surface area (Å²) in [7, 11) is 1.61. The Balaban J connectivity index is 2.58. The number of amidine groups is 1. The second kappa shape index (κ2) is 9.20. The van der Waals surface area contributed by atoms with E-state index in [1.54, 1.807) is 19.2 Å². The Morgan fingerprint density at radius 3 is 2.75 bits per heavy atom. The highest BCUT2D eigenvalue weighted by atomic mass is 16.5. The summed E-state index contributed by atoms with van der Waals surface area (Å²) in [6, 6.07) is 5.36. The second-order valence-corrected chi connectivity index (χ2v) is 4.63. The Kier molecular flexibility index (Phi) is 7.50. The maximum Gasteiger partial charge on any atom is 0.170 e. The second-order valence-electron chi connectivity index (χ2n) is 4.63. The van der Waals surface area contributed by atoms with Crippen LogP contribution in [0.25, 0.3) is 0 Å². The molecule has 0 aliphatic heterocycles. The van der Waals surface area contributed by atoms with E-state index in [2.05, 4.69) is 12.1 Å². The maximum atomic E-state index is 8.70. The number of nitrogens with two attached hydrogens (primary N) is 1. The molecule has 0 aromatic heterocycles. The van der Waals surface area contributed by atoms with Gasteiger partial charge in [0.25, 0.3) is 0 Å². The van der Waals surface area contributed by atoms with E-state index in [1.807, 2.05) is 6.07 Å². The molecule has 0 heterocycles. The zero-order valence-electron chi connectivity index (χ0n) is 12.3. The number of hydrogen-bond acceptors (Lipinski definition) is 4. The summed E-state index contributed by atoms with van der Waals surface area (Å²) in [5.41, 5.74) is 7.13. The van der Waals surface area contributed by atoms with E-state index in [0.29, 0.717) is 12.2 Å². The molecule has 0 atom stereocenters. The molecule has 0 fully saturated rings. The van der Waals surface area contributed by atoms with Crippen LogP contribution in [0.15, 0.2) is 23.4 Å². The summed E-state index contributed by atoms with van der Waals surface area (Å²) in [6.45, 7) is 3.38. The lowest BCUT2D eigenvalue weighted by Gasteiger charge is -2.11. The van der Waals surface area contributed by atoms with Crippen LogP contribution in [0.2, 0.25) is 0 Å². The number of unbranched alkanes of at least 4 members (excludes halogenated alkanes) is 3. The number of benzene rings is 1. The highest BCUT2D eigenvalue weighted by molar-refractivity contribution is 5.97. The lowest BCUT2D eigenvalue weighted by Crippen LogP contribution is -2.13. The van der Waals surface area contributed by atoms with Crippen LogP contribution in [0.5, 0.6) is 5.75 Å². The first-order valence-electron chi connectivity index (χ1n) is 6.95. The standard InChI is InChI=1S/C15H24N2O3/c1-3-4-5-6-9-20-11-13-10-12(15(16)17-18)7-8-14(13)19-2/h7-8,10,18H,3-6,9,11H2,1-2H3,(H2,16,17). The van der Waals surface area contributed by atoms with Gasteiger partial charge < -0.3 is 20.4 Å². The predicted octanol–water partition coefficient (Wildman–Crippen LogP) is 2.89. The minimum Gasteiger partial charge on any atom is -0.496 e. The van der Waals surface area contributed by atoms with Crippen LogP contribution in [0, 0.1) is 0 Å². The van der Waals surface area contributed by atoms with Gasteiger partial charge in [-0.1, -0.05) is 31.3 Å². The highest BCUT2D eigenvalue weighted by Crippen LogP contribution is 2.21. The van der Waals surface area contributed by atoms with E-state index in [9.17, 15) is 0 Å². The van der Waals surface area contributed by atoms with E-state index in [4.69, 9.17) is 20.4 Å². The van der Waals surface area contributed by atoms with Crippen molar-refractivity contribution < 1.29 is 14.7 Å². The van der Waals surface area contributed by atoms with Crippen LogP contribution in [0.3, 0.4) is 0 Å². The normalized spacial score (nSPS) is 11.6. The minimum absolute atomic E-state index is 0.0804. The minimum atomic E-state index is 0.0804. The molecular formula is C15H24N2O3. The average molecular weight is 280 g/mol. The molecule has 0 unspecified atom stereocenters. The number of oxime groups is 1. The number of rotatable bonds is 9. The summed E-state index contributed by atoms with van der Waals surface area (Å²) < 4.78 is 10.9. The number of ether oxygens (including phenoxy) is 2. The summed E-state index contributed by atoms with van der Waals surface area (Å²) in [5.74, 6) is 0.824. The van der Waals surface area contributed by atoms with Crippen molar-refractivity contribution in [3.63, 3.8) is 0 Å². The summed E-state index contributed by atoms with van der Waals surface area (Å²) in [5, 5.41) is 11.7. The maximum absolute atomic E-state index is 8.70. The van der Waals surface area contributed by atoms with Crippen molar-refractivity contribution in [2.24, 2.45) is 10.9 Å². The topological polar surface area (TPSA) is 77.1 Å². The van der Waals surface area contributed by atoms with E-state index < -0.39 is 0 Å². The van der Waals surface area contributed by atoms with Gasteiger partial charge in [-0.2, -0.15) is 0 Å². The molecule has 20 heavy (non-hydrogen) atoms. The van der Waals surface area contributed by atoms with Crippen molar-refractivity contribution in [3.8, 4) is 5.75 Å². The third-order valence-corrected chi connectivity index (χ3v) is 3.08. The van der Waals surface area contributed by atoms with Gasteiger partial charge in [-0.3, -0.25) is 0 Å². The van der Waals surface area contributed by atoms with Crippen LogP contribution in [0.1, 0.15) is 43.7 Å². The third-order valence-electron chi connectivity index (χ3n) is 3.08. The molecule has 0 aliphatic rings. The van der Waals surface area contributed by atoms with Gasteiger partial charge in [-0.05, 0) is 24.6 Å². The molecule has 1 aromatic carbocycles. The molecule has 0 radical (unpaired) electrons. The lowest BCUT2D eigenvalue weighted by atomic mass is 10.1. The van der Waals surface area contributed by atoms with E-state index in [-0.39, 0.29) is 5.84 Å². The van der Waals surface area contributed by atoms with Crippen molar-refractivity contribution in [2.75, 3.05) is 13.7 Å². The number of hydrogen-bond donors (Lipinski definition) is 2. The van der Waals surface area contributed by atoms with Crippen LogP contribution >= 0.6 is 0 Å². The van der Waals surface area contributed by atoms with Crippen LogP contribution in [-0.2, 0) is 11.3 Å². The average Bonchev–Trinajstić information content (AvgIpc) is 2.49. The molecule has 3 N–H and O–H groups in total. The van der Waals surface area contributed by atoms with Gasteiger partial charge in [0.2, 0.25) is 0 Å². The zero-order chi connectivity index (χ0) is 14.8. The lowest BCUT2D eigenvalue weighted by molar-refractivity contribution is 0.115. The third kappa shape index (κ3) is 5.09. The Morgan fingerprint density at radius 1 is 1.30 bits per heavy atom. The smallest absolute Gasteiger partial charge is 0.170 e. The molecule has 0 spiro atoms. The van der Waals surface area contributed by atoms with E-state index in [1.165, 1.54) is 19.3 Å². The van der Waals surface area contributed by atoms with Crippen LogP contribution in [0.4, 0.5) is 0 Å². The Morgan fingerprint density at radius 2 is 2.10 bits per heavy atom. The van der Waals surface area contributed by atoms with Crippen molar-refractivity contribution in [2.45, 2.75) is 39.2 Å². The monoisotopic (exact) mass is 280 g/mol. The quantitative estimate of drug-likeness (QED) is 0.240. The number of nitrogens with zero attached hydrogens (tertiary/aromatic N) is 1. The summed E-state index contributed by atoms with van der Waals surface area (Å²) in [4.78, 5) is 0. The van der Waals surface area contributed by atoms with Gasteiger partial charge in [0.15, 0.2) is 5.84 Å². The largest absolute Gasteiger partial charge is 0.496 e. The fourth-order valence-corrected chi connectivity index (χ4v) is 1.92. The number of methoxy groups -OCH3 is 1. The molecule has 1 aromatic rings. The summed E-state index contributed by atoms with van der Waals surface area (Å²) in [6.07, 6.45) is 4.72. The zero-order valence-corrected chi connectivity index (χ0v) is 12.3. The fraction of sp³-hybridized carbons (Fsp3) is 0.533. The summed E-state index contributed by atoms with van der Waals surface area (Å²) >= 11 is 0. The molecule has 0 bridgehead atoms. The van der Waals surface area contributed by atoms with E-state index in [0.717, 1.165) is 24.3 Å². The van der Waals surface area contributed by atoms with Gasteiger partial charge in [-0.25, -0.2) is 0 Å². The molecule has 5 heteroatoms. The Bertz CT molecular complexity index is 433. The van der Waals surface area contributed by atoms with Crippen molar-refractivity contribution in [1.82, 2.24) is 0 Å². The Labute approximate surface area is 120 Å². The van der Waals surface area contributed by atoms with Crippen molar-refractivity contribution in [1.29, 1.82) is 0 Å². The first kappa shape index (κ1) is 16.3. The van der Waals surface area contributed by atoms with Crippen molar-refractivity contribution in [3.05, 3.63) is 29.3 Å². The molecule has 0 amide bonds. The molecular weight excluding hydrogens is 256 g/mol. The van der Waals surface area contributed by atoms with Gasteiger partial charge in [0.1, 0.15) is 5.75 Å². The van der Waals surface area contributed by atoms with Crippen LogP contribution in [-0.4, -0.2) is 24.8 Å². The SMILES string of the molecule is CCCCCCOCc1cc(/C(N)=N/O)ccc1OC. The van der Waals surface area contributed by atoms with Crippen molar-refractivity contribution >= 4 is 5.84 Å². The molecule has 112 valence electrons. The predicted molar refractivity (Wildman–Crippen MR) is 79.3 cm³/mol. The fourth-order valence-electron chi connectivity index (χ4n) is 1.92. The van der Waals surface area contributed by atoms with Gasteiger partial charge in [0.05, 0.1) is 13.7 Å². The first-order chi connectivity index (χ1) is 9.72. The molecule has 0 aliphatic carbocycles. The van der Waals surface area contributed by atoms with Gasteiger partial charge in [0, 0.05) is 17.7 Å². The van der Waals surface area contributed by atoms with Gasteiger partial charge >= 0.3 is 0 Å². The molecule has 1 rings (SSSR count). The van der Waals surface area contributed by atoms with E-state index >= 15 is 0 Å². The molecule has 0 saturated heterocycles.